The van der Waals surface area contributed by atoms with E-state index in [9.17, 15) is 0 Å². The Morgan fingerprint density at radius 3 is 2.81 bits per heavy atom. The van der Waals surface area contributed by atoms with E-state index >= 15 is 0 Å². The SMILES string of the molecule is CCCOC1CCCN(Cc2ccc(OC)cc2OC)C1. The molecule has 1 heterocycles. The van der Waals surface area contributed by atoms with Gasteiger partial charge >= 0.3 is 0 Å². The van der Waals surface area contributed by atoms with E-state index in [1.54, 1.807) is 14.2 Å². The van der Waals surface area contributed by atoms with Crippen molar-refractivity contribution in [3.8, 4) is 11.5 Å². The van der Waals surface area contributed by atoms with E-state index < -0.39 is 0 Å². The molecule has 0 aliphatic carbocycles. The summed E-state index contributed by atoms with van der Waals surface area (Å²) in [6.07, 6.45) is 3.84. The second-order valence-electron chi connectivity index (χ2n) is 5.55. The van der Waals surface area contributed by atoms with E-state index in [-0.39, 0.29) is 0 Å². The Balaban J connectivity index is 1.97. The Bertz CT molecular complexity index is 436. The first-order valence-corrected chi connectivity index (χ1v) is 7.81. The number of ether oxygens (including phenoxy) is 3. The lowest BCUT2D eigenvalue weighted by atomic mass is 10.1. The molecule has 1 aliphatic rings. The van der Waals surface area contributed by atoms with Gasteiger partial charge < -0.3 is 14.2 Å². The first-order chi connectivity index (χ1) is 10.3. The average Bonchev–Trinajstić information content (AvgIpc) is 2.53. The van der Waals surface area contributed by atoms with Crippen LogP contribution in [0.3, 0.4) is 0 Å². The topological polar surface area (TPSA) is 30.9 Å². The molecule has 1 aromatic carbocycles. The molecule has 118 valence electrons. The standard InChI is InChI=1S/C17H27NO3/c1-4-10-21-16-6-5-9-18(13-16)12-14-7-8-15(19-2)11-17(14)20-3/h7-8,11,16H,4-6,9-10,12-13H2,1-3H3. The number of methoxy groups -OCH3 is 2. The van der Waals surface area contributed by atoms with Crippen LogP contribution in [0.4, 0.5) is 0 Å². The van der Waals surface area contributed by atoms with E-state index in [4.69, 9.17) is 14.2 Å². The third-order valence-electron chi connectivity index (χ3n) is 3.91. The molecule has 1 aromatic rings. The summed E-state index contributed by atoms with van der Waals surface area (Å²) < 4.78 is 16.6. The highest BCUT2D eigenvalue weighted by Gasteiger charge is 2.21. The van der Waals surface area contributed by atoms with Gasteiger partial charge in [0.1, 0.15) is 11.5 Å². The number of piperidine rings is 1. The molecule has 1 fully saturated rings. The summed E-state index contributed by atoms with van der Waals surface area (Å²) in [7, 11) is 3.39. The fraction of sp³-hybridized carbons (Fsp3) is 0.647. The monoisotopic (exact) mass is 293 g/mol. The quantitative estimate of drug-likeness (QED) is 0.773. The largest absolute Gasteiger partial charge is 0.497 e. The van der Waals surface area contributed by atoms with Gasteiger partial charge in [-0.1, -0.05) is 13.0 Å². The molecule has 1 unspecified atom stereocenters. The molecule has 2 rings (SSSR count). The van der Waals surface area contributed by atoms with Crippen molar-refractivity contribution in [3.05, 3.63) is 23.8 Å². The second kappa shape index (κ2) is 8.25. The summed E-state index contributed by atoms with van der Waals surface area (Å²) in [6, 6.07) is 6.03. The highest BCUT2D eigenvalue weighted by atomic mass is 16.5. The molecule has 0 bridgehead atoms. The van der Waals surface area contributed by atoms with Crippen LogP contribution in [0, 0.1) is 0 Å². The molecule has 4 nitrogen and oxygen atoms in total. The van der Waals surface area contributed by atoms with Crippen LogP contribution in [0.1, 0.15) is 31.7 Å². The van der Waals surface area contributed by atoms with Crippen molar-refractivity contribution in [2.45, 2.75) is 38.8 Å². The lowest BCUT2D eigenvalue weighted by molar-refractivity contribution is -0.00238. The summed E-state index contributed by atoms with van der Waals surface area (Å²) in [4.78, 5) is 2.45. The molecule has 4 heteroatoms. The third-order valence-corrected chi connectivity index (χ3v) is 3.91. The van der Waals surface area contributed by atoms with Gasteiger partial charge in [0.2, 0.25) is 0 Å². The van der Waals surface area contributed by atoms with E-state index in [1.165, 1.54) is 18.4 Å². The highest BCUT2D eigenvalue weighted by molar-refractivity contribution is 5.40. The Kier molecular flexibility index (Phi) is 6.33. The molecule has 0 spiro atoms. The van der Waals surface area contributed by atoms with Crippen LogP contribution in [0.25, 0.3) is 0 Å². The Morgan fingerprint density at radius 1 is 1.24 bits per heavy atom. The first-order valence-electron chi connectivity index (χ1n) is 7.81. The van der Waals surface area contributed by atoms with Gasteiger partial charge in [-0.15, -0.1) is 0 Å². The summed E-state index contributed by atoms with van der Waals surface area (Å²) in [5.74, 6) is 1.73. The van der Waals surface area contributed by atoms with E-state index in [1.807, 2.05) is 12.1 Å². The van der Waals surface area contributed by atoms with Crippen LogP contribution in [-0.2, 0) is 11.3 Å². The highest BCUT2D eigenvalue weighted by Crippen LogP contribution is 2.27. The maximum Gasteiger partial charge on any atom is 0.127 e. The maximum absolute atomic E-state index is 5.90. The minimum Gasteiger partial charge on any atom is -0.497 e. The van der Waals surface area contributed by atoms with Gasteiger partial charge in [0.05, 0.1) is 20.3 Å². The van der Waals surface area contributed by atoms with Crippen LogP contribution in [0.5, 0.6) is 11.5 Å². The fourth-order valence-electron chi connectivity index (χ4n) is 2.80. The smallest absolute Gasteiger partial charge is 0.127 e. The molecular formula is C17H27NO3. The minimum atomic E-state index is 0.378. The third kappa shape index (κ3) is 4.61. The zero-order valence-corrected chi connectivity index (χ0v) is 13.4. The summed E-state index contributed by atoms with van der Waals surface area (Å²) in [5, 5.41) is 0. The summed E-state index contributed by atoms with van der Waals surface area (Å²) in [5.41, 5.74) is 1.20. The van der Waals surface area contributed by atoms with Gasteiger partial charge in [0.15, 0.2) is 0 Å². The molecule has 1 aliphatic heterocycles. The fourth-order valence-corrected chi connectivity index (χ4v) is 2.80. The molecule has 0 radical (unpaired) electrons. The van der Waals surface area contributed by atoms with Gasteiger partial charge in [0, 0.05) is 31.3 Å². The van der Waals surface area contributed by atoms with Crippen molar-refractivity contribution in [3.63, 3.8) is 0 Å². The number of benzene rings is 1. The summed E-state index contributed by atoms with van der Waals surface area (Å²) >= 11 is 0. The maximum atomic E-state index is 5.90. The van der Waals surface area contributed by atoms with Crippen LogP contribution >= 0.6 is 0 Å². The lowest BCUT2D eigenvalue weighted by Gasteiger charge is -2.33. The molecule has 0 saturated carbocycles. The Labute approximate surface area is 128 Å². The number of hydrogen-bond acceptors (Lipinski definition) is 4. The van der Waals surface area contributed by atoms with E-state index in [0.29, 0.717) is 6.10 Å². The van der Waals surface area contributed by atoms with Crippen LogP contribution < -0.4 is 9.47 Å². The predicted octanol–water partition coefficient (Wildman–Crippen LogP) is 3.09. The second-order valence-corrected chi connectivity index (χ2v) is 5.55. The molecule has 0 amide bonds. The molecular weight excluding hydrogens is 266 g/mol. The van der Waals surface area contributed by atoms with Crippen LogP contribution in [0.2, 0.25) is 0 Å². The summed E-state index contributed by atoms with van der Waals surface area (Å²) in [6.45, 7) is 6.06. The average molecular weight is 293 g/mol. The zero-order chi connectivity index (χ0) is 15.1. The van der Waals surface area contributed by atoms with Gasteiger partial charge in [0.25, 0.3) is 0 Å². The number of nitrogens with zero attached hydrogens (tertiary/aromatic N) is 1. The van der Waals surface area contributed by atoms with Crippen molar-refractivity contribution in [2.75, 3.05) is 33.9 Å². The molecule has 21 heavy (non-hydrogen) atoms. The van der Waals surface area contributed by atoms with Crippen molar-refractivity contribution >= 4 is 0 Å². The molecule has 1 atom stereocenters. The Hall–Kier alpha value is -1.26. The molecule has 0 N–H and O–H groups in total. The zero-order valence-electron chi connectivity index (χ0n) is 13.4. The van der Waals surface area contributed by atoms with Crippen molar-refractivity contribution in [1.29, 1.82) is 0 Å². The number of hydrogen-bond donors (Lipinski definition) is 0. The molecule has 1 saturated heterocycles. The normalized spacial score (nSPS) is 19.5. The van der Waals surface area contributed by atoms with Crippen molar-refractivity contribution in [2.24, 2.45) is 0 Å². The van der Waals surface area contributed by atoms with E-state index in [0.717, 1.165) is 44.2 Å². The van der Waals surface area contributed by atoms with Gasteiger partial charge in [-0.05, 0) is 31.9 Å². The lowest BCUT2D eigenvalue weighted by Crippen LogP contribution is -2.39. The van der Waals surface area contributed by atoms with E-state index in [2.05, 4.69) is 17.9 Å². The van der Waals surface area contributed by atoms with Crippen molar-refractivity contribution < 1.29 is 14.2 Å². The molecule has 0 aromatic heterocycles. The van der Waals surface area contributed by atoms with Gasteiger partial charge in [-0.2, -0.15) is 0 Å². The van der Waals surface area contributed by atoms with Crippen LogP contribution in [0.15, 0.2) is 18.2 Å². The van der Waals surface area contributed by atoms with Gasteiger partial charge in [-0.3, -0.25) is 4.90 Å². The first kappa shape index (κ1) is 16.1. The minimum absolute atomic E-state index is 0.378. The number of likely N-dealkylation sites (tertiary alicyclic amines) is 1. The predicted molar refractivity (Wildman–Crippen MR) is 84.1 cm³/mol. The Morgan fingerprint density at radius 2 is 2.10 bits per heavy atom. The van der Waals surface area contributed by atoms with Gasteiger partial charge in [-0.25, -0.2) is 0 Å². The van der Waals surface area contributed by atoms with Crippen LogP contribution in [-0.4, -0.2) is 44.9 Å². The van der Waals surface area contributed by atoms with Crippen molar-refractivity contribution in [1.82, 2.24) is 4.90 Å². The number of rotatable bonds is 7.